The van der Waals surface area contributed by atoms with Gasteiger partial charge >= 0.3 is 12.1 Å². The molecule has 2 aliphatic rings. The maximum absolute atomic E-state index is 13.0. The highest BCUT2D eigenvalue weighted by molar-refractivity contribution is 5.81. The van der Waals surface area contributed by atoms with Crippen molar-refractivity contribution in [3.63, 3.8) is 0 Å². The molecule has 35 heavy (non-hydrogen) atoms. The summed E-state index contributed by atoms with van der Waals surface area (Å²) in [5.74, 6) is -1.34. The zero-order chi connectivity index (χ0) is 24.8. The third-order valence-corrected chi connectivity index (χ3v) is 7.27. The van der Waals surface area contributed by atoms with Gasteiger partial charge in [-0.3, -0.25) is 9.59 Å². The fraction of sp³-hybridized carbons (Fsp3) is 0.464. The Hall–Kier alpha value is -3.35. The Bertz CT molecular complexity index is 1020. The van der Waals surface area contributed by atoms with Gasteiger partial charge in [0.05, 0.1) is 12.3 Å². The van der Waals surface area contributed by atoms with Crippen LogP contribution in [-0.4, -0.2) is 42.3 Å². The van der Waals surface area contributed by atoms with Crippen molar-refractivity contribution in [3.8, 4) is 11.1 Å². The largest absolute Gasteiger partial charge is 0.481 e. The maximum atomic E-state index is 13.0. The monoisotopic (exact) mass is 478 g/mol. The second-order valence-corrected chi connectivity index (χ2v) is 9.60. The summed E-state index contributed by atoms with van der Waals surface area (Å²) in [4.78, 5) is 36.8. The highest BCUT2D eigenvalue weighted by Gasteiger charge is 2.34. The molecule has 0 radical (unpaired) electrons. The first kappa shape index (κ1) is 24.8. The second kappa shape index (κ2) is 11.4. The summed E-state index contributed by atoms with van der Waals surface area (Å²) in [6, 6.07) is 15.9. The first-order valence-electron chi connectivity index (χ1n) is 12.6. The van der Waals surface area contributed by atoms with Crippen LogP contribution in [0.1, 0.15) is 62.5 Å². The lowest BCUT2D eigenvalue weighted by molar-refractivity contribution is -0.138. The topological polar surface area (TPSA) is 105 Å². The molecule has 7 heteroatoms. The summed E-state index contributed by atoms with van der Waals surface area (Å²) in [7, 11) is 0. The predicted molar refractivity (Wildman–Crippen MR) is 133 cm³/mol. The Labute approximate surface area is 206 Å². The Morgan fingerprint density at radius 1 is 1.03 bits per heavy atom. The van der Waals surface area contributed by atoms with Crippen molar-refractivity contribution in [2.24, 2.45) is 11.8 Å². The molecule has 2 aliphatic carbocycles. The summed E-state index contributed by atoms with van der Waals surface area (Å²) in [5.41, 5.74) is 4.63. The minimum Gasteiger partial charge on any atom is -0.481 e. The van der Waals surface area contributed by atoms with Crippen LogP contribution >= 0.6 is 0 Å². The van der Waals surface area contributed by atoms with E-state index in [1.807, 2.05) is 31.2 Å². The van der Waals surface area contributed by atoms with Crippen molar-refractivity contribution >= 4 is 18.0 Å². The summed E-state index contributed by atoms with van der Waals surface area (Å²) in [5, 5.41) is 14.9. The third-order valence-electron chi connectivity index (χ3n) is 7.27. The number of amides is 2. The van der Waals surface area contributed by atoms with E-state index in [2.05, 4.69) is 34.9 Å². The van der Waals surface area contributed by atoms with Crippen LogP contribution in [0.2, 0.25) is 0 Å². The van der Waals surface area contributed by atoms with E-state index < -0.39 is 24.0 Å². The molecule has 1 fully saturated rings. The van der Waals surface area contributed by atoms with Gasteiger partial charge in [0.25, 0.3) is 0 Å². The van der Waals surface area contributed by atoms with E-state index in [0.29, 0.717) is 6.42 Å². The van der Waals surface area contributed by atoms with Crippen LogP contribution in [0.15, 0.2) is 48.5 Å². The van der Waals surface area contributed by atoms with Crippen molar-refractivity contribution in [2.75, 3.05) is 13.2 Å². The molecule has 0 bridgehead atoms. The molecule has 2 aromatic carbocycles. The van der Waals surface area contributed by atoms with E-state index in [0.717, 1.165) is 36.8 Å². The van der Waals surface area contributed by atoms with Gasteiger partial charge in [0.15, 0.2) is 0 Å². The van der Waals surface area contributed by atoms with Crippen molar-refractivity contribution in [2.45, 2.75) is 57.4 Å². The Morgan fingerprint density at radius 3 is 2.20 bits per heavy atom. The van der Waals surface area contributed by atoms with Crippen LogP contribution in [0.3, 0.4) is 0 Å². The average Bonchev–Trinajstić information content (AvgIpc) is 3.12. The quantitative estimate of drug-likeness (QED) is 0.434. The molecule has 1 saturated carbocycles. The maximum Gasteiger partial charge on any atom is 0.407 e. The van der Waals surface area contributed by atoms with E-state index in [4.69, 9.17) is 9.84 Å². The van der Waals surface area contributed by atoms with Gasteiger partial charge in [-0.1, -0.05) is 68.3 Å². The van der Waals surface area contributed by atoms with Crippen LogP contribution in [0.4, 0.5) is 4.79 Å². The molecule has 2 amide bonds. The summed E-state index contributed by atoms with van der Waals surface area (Å²) in [6.07, 6.45) is 3.67. The summed E-state index contributed by atoms with van der Waals surface area (Å²) < 4.78 is 5.61. The summed E-state index contributed by atoms with van der Waals surface area (Å²) >= 11 is 0. The number of hydrogen-bond donors (Lipinski definition) is 3. The van der Waals surface area contributed by atoms with Crippen LogP contribution in [0.25, 0.3) is 11.1 Å². The number of alkyl carbamates (subject to hydrolysis) is 1. The molecule has 7 nitrogen and oxygen atoms in total. The number of nitrogens with one attached hydrogen (secondary N) is 2. The fourth-order valence-electron chi connectivity index (χ4n) is 5.25. The minimum atomic E-state index is -0.930. The molecule has 4 rings (SSSR count). The first-order valence-corrected chi connectivity index (χ1v) is 12.6. The molecule has 0 spiro atoms. The van der Waals surface area contributed by atoms with Crippen molar-refractivity contribution in [1.29, 1.82) is 0 Å². The number of carboxylic acid groups (broad SMARTS) is 1. The molecule has 0 heterocycles. The molecular weight excluding hydrogens is 444 g/mol. The fourth-order valence-corrected chi connectivity index (χ4v) is 5.25. The number of rotatable bonds is 11. The molecule has 186 valence electrons. The first-order chi connectivity index (χ1) is 17.0. The molecule has 2 aromatic rings. The number of aliphatic carboxylic acids is 1. The van der Waals surface area contributed by atoms with Crippen molar-refractivity contribution in [1.82, 2.24) is 10.6 Å². The van der Waals surface area contributed by atoms with Gasteiger partial charge in [-0.25, -0.2) is 4.79 Å². The zero-order valence-corrected chi connectivity index (χ0v) is 20.2. The smallest absolute Gasteiger partial charge is 0.407 e. The number of carbonyl (C=O) groups is 3. The lowest BCUT2D eigenvalue weighted by Gasteiger charge is -2.33. The van der Waals surface area contributed by atoms with Gasteiger partial charge in [0.2, 0.25) is 5.91 Å². The number of carboxylic acids is 1. The van der Waals surface area contributed by atoms with Crippen LogP contribution in [0.5, 0.6) is 0 Å². The normalized spacial score (nSPS) is 16.4. The van der Waals surface area contributed by atoms with Crippen LogP contribution in [0, 0.1) is 11.8 Å². The van der Waals surface area contributed by atoms with Crippen molar-refractivity contribution < 1.29 is 24.2 Å². The van der Waals surface area contributed by atoms with Crippen molar-refractivity contribution in [3.05, 3.63) is 59.7 Å². The van der Waals surface area contributed by atoms with E-state index >= 15 is 0 Å². The lowest BCUT2D eigenvalue weighted by atomic mass is 9.75. The number of fused-ring (bicyclic) bond motifs is 3. The van der Waals surface area contributed by atoms with Crippen LogP contribution in [-0.2, 0) is 14.3 Å². The highest BCUT2D eigenvalue weighted by Crippen LogP contribution is 2.44. The van der Waals surface area contributed by atoms with Gasteiger partial charge < -0.3 is 20.5 Å². The number of ether oxygens (including phenoxy) is 1. The predicted octanol–water partition coefficient (Wildman–Crippen LogP) is 4.70. The number of hydrogen-bond acceptors (Lipinski definition) is 4. The van der Waals surface area contributed by atoms with Crippen LogP contribution < -0.4 is 10.6 Å². The molecule has 0 aromatic heterocycles. The van der Waals surface area contributed by atoms with Gasteiger partial charge in [0, 0.05) is 18.5 Å². The second-order valence-electron chi connectivity index (χ2n) is 9.60. The van der Waals surface area contributed by atoms with E-state index in [1.54, 1.807) is 0 Å². The Morgan fingerprint density at radius 2 is 1.66 bits per heavy atom. The molecular formula is C28H34N2O5. The van der Waals surface area contributed by atoms with Gasteiger partial charge in [0.1, 0.15) is 6.61 Å². The SMILES string of the molecule is CCC[C@H](CC(=O)O)NC(=O)C(CNC(=O)OCC1c2ccccc2-c2ccccc21)C1CCC1. The Kier molecular flexibility index (Phi) is 8.06. The number of carbonyl (C=O) groups excluding carboxylic acids is 2. The number of benzene rings is 2. The molecule has 0 saturated heterocycles. The van der Waals surface area contributed by atoms with Gasteiger partial charge in [-0.2, -0.15) is 0 Å². The summed E-state index contributed by atoms with van der Waals surface area (Å²) in [6.45, 7) is 2.36. The molecule has 1 unspecified atom stereocenters. The average molecular weight is 479 g/mol. The highest BCUT2D eigenvalue weighted by atomic mass is 16.5. The lowest BCUT2D eigenvalue weighted by Crippen LogP contribution is -2.47. The zero-order valence-electron chi connectivity index (χ0n) is 20.2. The van der Waals surface area contributed by atoms with E-state index in [1.165, 1.54) is 11.1 Å². The van der Waals surface area contributed by atoms with Gasteiger partial charge in [-0.05, 0) is 47.4 Å². The minimum absolute atomic E-state index is 0.0234. The third kappa shape index (κ3) is 5.84. The Balaban J connectivity index is 1.34. The standard InChI is InChI=1S/C28H34N2O5/c1-2-8-19(15-26(31)32)30-27(33)24(18-9-7-10-18)16-29-28(34)35-17-25-22-13-5-3-11-20(22)21-12-4-6-14-23(21)25/h3-6,11-14,18-19,24-25H,2,7-10,15-17H2,1H3,(H,29,34)(H,30,33)(H,31,32)/t19-,24?/m1/s1. The van der Waals surface area contributed by atoms with E-state index in [-0.39, 0.29) is 37.3 Å². The molecule has 2 atom stereocenters. The molecule has 0 aliphatic heterocycles. The molecule has 3 N–H and O–H groups in total. The van der Waals surface area contributed by atoms with E-state index in [9.17, 15) is 14.4 Å². The van der Waals surface area contributed by atoms with Gasteiger partial charge in [-0.15, -0.1) is 0 Å².